The van der Waals surface area contributed by atoms with Crippen LogP contribution in [0.4, 0.5) is 0 Å². The first kappa shape index (κ1) is 18.5. The van der Waals surface area contributed by atoms with Crippen molar-refractivity contribution in [2.45, 2.75) is 38.0 Å². The maximum Gasteiger partial charge on any atom is 0.219 e. The van der Waals surface area contributed by atoms with Crippen LogP contribution in [0.2, 0.25) is 0 Å². The fourth-order valence-electron chi connectivity index (χ4n) is 5.13. The smallest absolute Gasteiger partial charge is 0.219 e. The van der Waals surface area contributed by atoms with Gasteiger partial charge in [0, 0.05) is 50.4 Å². The summed E-state index contributed by atoms with van der Waals surface area (Å²) in [6, 6.07) is 14.4. The van der Waals surface area contributed by atoms with Crippen LogP contribution < -0.4 is 14.2 Å². The second-order valence-electron chi connectivity index (χ2n) is 8.56. The zero-order valence-corrected chi connectivity index (χ0v) is 17.5. The monoisotopic (exact) mass is 419 g/mol. The molecule has 0 N–H and O–H groups in total. The predicted molar refractivity (Wildman–Crippen MR) is 114 cm³/mol. The maximum absolute atomic E-state index is 11.9. The molecule has 2 aromatic rings. The molecule has 1 spiro atoms. The van der Waals surface area contributed by atoms with Crippen LogP contribution in [0.5, 0.6) is 17.2 Å². The summed E-state index contributed by atoms with van der Waals surface area (Å²) in [6.45, 7) is 4.13. The number of ether oxygens (including phenoxy) is 3. The summed E-state index contributed by atoms with van der Waals surface area (Å²) in [5.41, 5.74) is 2.71. The predicted octanol–water partition coefficient (Wildman–Crippen LogP) is 3.34. The molecule has 160 valence electrons. The van der Waals surface area contributed by atoms with Crippen molar-refractivity contribution in [2.24, 2.45) is 5.10 Å². The molecular formula is C24H25N3O4. The highest BCUT2D eigenvalue weighted by molar-refractivity contribution is 6.02. The van der Waals surface area contributed by atoms with Gasteiger partial charge in [0.25, 0.3) is 0 Å². The number of hydrogen-bond donors (Lipinski definition) is 0. The van der Waals surface area contributed by atoms with Crippen LogP contribution in [0.25, 0.3) is 0 Å². The van der Waals surface area contributed by atoms with E-state index in [0.717, 1.165) is 47.8 Å². The van der Waals surface area contributed by atoms with E-state index in [1.54, 1.807) is 6.92 Å². The lowest BCUT2D eigenvalue weighted by atomic mass is 9.90. The Labute approximate surface area is 181 Å². The van der Waals surface area contributed by atoms with Gasteiger partial charge in [-0.05, 0) is 24.3 Å². The molecule has 31 heavy (non-hydrogen) atoms. The summed E-state index contributed by atoms with van der Waals surface area (Å²) < 4.78 is 18.1. The summed E-state index contributed by atoms with van der Waals surface area (Å²) in [4.78, 5) is 13.8. The van der Waals surface area contributed by atoms with Gasteiger partial charge in [0.1, 0.15) is 19.0 Å². The minimum atomic E-state index is -0.527. The Balaban J connectivity index is 1.38. The third-order valence-electron chi connectivity index (χ3n) is 6.77. The van der Waals surface area contributed by atoms with Gasteiger partial charge in [-0.15, -0.1) is 0 Å². The number of likely N-dealkylation sites (tertiary alicyclic amines) is 1. The van der Waals surface area contributed by atoms with Crippen molar-refractivity contribution in [1.82, 2.24) is 9.91 Å². The van der Waals surface area contributed by atoms with Crippen molar-refractivity contribution < 1.29 is 19.0 Å². The molecule has 0 aliphatic carbocycles. The molecule has 1 saturated heterocycles. The molecule has 0 radical (unpaired) electrons. The lowest BCUT2D eigenvalue weighted by Crippen LogP contribution is -2.59. The van der Waals surface area contributed by atoms with Gasteiger partial charge in [0.15, 0.2) is 11.5 Å². The van der Waals surface area contributed by atoms with Crippen molar-refractivity contribution in [2.75, 3.05) is 26.3 Å². The fraction of sp³-hybridized carbons (Fsp3) is 0.417. The number of amides is 1. The largest absolute Gasteiger partial charge is 0.486 e. The van der Waals surface area contributed by atoms with E-state index < -0.39 is 5.72 Å². The molecule has 7 heteroatoms. The van der Waals surface area contributed by atoms with Crippen LogP contribution in [0.15, 0.2) is 47.6 Å². The Hall–Kier alpha value is -3.22. The molecule has 1 atom stereocenters. The minimum absolute atomic E-state index is 0.115. The van der Waals surface area contributed by atoms with Crippen LogP contribution in [-0.4, -0.2) is 53.6 Å². The normalized spacial score (nSPS) is 23.0. The van der Waals surface area contributed by atoms with Gasteiger partial charge in [-0.25, -0.2) is 5.01 Å². The van der Waals surface area contributed by atoms with Crippen LogP contribution in [0, 0.1) is 0 Å². The van der Waals surface area contributed by atoms with Crippen LogP contribution in [0.3, 0.4) is 0 Å². The Bertz CT molecular complexity index is 1070. The van der Waals surface area contributed by atoms with E-state index in [1.807, 2.05) is 29.2 Å². The average Bonchev–Trinajstić information content (AvgIpc) is 3.26. The fourth-order valence-corrected chi connectivity index (χ4v) is 5.13. The van der Waals surface area contributed by atoms with Gasteiger partial charge >= 0.3 is 0 Å². The van der Waals surface area contributed by atoms with Crippen molar-refractivity contribution in [3.8, 4) is 17.2 Å². The molecule has 6 rings (SSSR count). The Morgan fingerprint density at radius 2 is 1.81 bits per heavy atom. The van der Waals surface area contributed by atoms with Gasteiger partial charge in [-0.1, -0.05) is 18.2 Å². The number of nitrogens with zero attached hydrogens (tertiary/aromatic N) is 3. The molecule has 2 aromatic carbocycles. The number of carbonyl (C=O) groups is 1. The molecule has 1 amide bonds. The molecule has 4 aliphatic rings. The highest BCUT2D eigenvalue weighted by Gasteiger charge is 2.52. The van der Waals surface area contributed by atoms with E-state index in [-0.39, 0.29) is 11.9 Å². The second-order valence-corrected chi connectivity index (χ2v) is 8.56. The van der Waals surface area contributed by atoms with Gasteiger partial charge in [0.05, 0.1) is 11.8 Å². The zero-order chi connectivity index (χ0) is 21.0. The summed E-state index contributed by atoms with van der Waals surface area (Å²) in [5.74, 6) is 2.61. The standard InChI is InChI=1S/C24H25N3O4/c1-16(28)26-10-8-24(9-11-26)27-20(18-4-2-3-5-21(18)31-24)15-19(25-27)17-6-7-22-23(14-17)30-13-12-29-22/h2-7,14,20H,8-13,15H2,1H3/t20-/m1/s1. The van der Waals surface area contributed by atoms with Crippen LogP contribution in [-0.2, 0) is 4.79 Å². The van der Waals surface area contributed by atoms with E-state index in [0.29, 0.717) is 26.3 Å². The number of benzene rings is 2. The topological polar surface area (TPSA) is 63.6 Å². The molecular weight excluding hydrogens is 394 g/mol. The highest BCUT2D eigenvalue weighted by atomic mass is 16.6. The number of hydrazone groups is 1. The van der Waals surface area contributed by atoms with Crippen molar-refractivity contribution >= 4 is 11.6 Å². The third-order valence-corrected chi connectivity index (χ3v) is 6.77. The summed E-state index contributed by atoms with van der Waals surface area (Å²) in [5, 5.41) is 7.27. The number of fused-ring (bicyclic) bond motifs is 5. The first-order valence-corrected chi connectivity index (χ1v) is 10.9. The molecule has 0 saturated carbocycles. The number of para-hydroxylation sites is 1. The van der Waals surface area contributed by atoms with Crippen molar-refractivity contribution in [3.05, 3.63) is 53.6 Å². The zero-order valence-electron chi connectivity index (χ0n) is 17.5. The van der Waals surface area contributed by atoms with Crippen LogP contribution >= 0.6 is 0 Å². The van der Waals surface area contributed by atoms with Gasteiger partial charge < -0.3 is 19.1 Å². The quantitative estimate of drug-likeness (QED) is 0.710. The molecule has 0 aromatic heterocycles. The van der Waals surface area contributed by atoms with E-state index in [9.17, 15) is 4.79 Å². The Kier molecular flexibility index (Phi) is 4.13. The first-order chi connectivity index (χ1) is 15.1. The second kappa shape index (κ2) is 6.90. The number of carbonyl (C=O) groups excluding carboxylic acids is 1. The molecule has 0 unspecified atom stereocenters. The van der Waals surface area contributed by atoms with Gasteiger partial charge in [0.2, 0.25) is 11.6 Å². The Morgan fingerprint density at radius 1 is 1.03 bits per heavy atom. The molecule has 7 nitrogen and oxygen atoms in total. The van der Waals surface area contributed by atoms with E-state index in [4.69, 9.17) is 19.3 Å². The molecule has 4 aliphatic heterocycles. The first-order valence-electron chi connectivity index (χ1n) is 10.9. The number of rotatable bonds is 1. The van der Waals surface area contributed by atoms with Gasteiger partial charge in [-0.3, -0.25) is 4.79 Å². The maximum atomic E-state index is 11.9. The average molecular weight is 419 g/mol. The van der Waals surface area contributed by atoms with Gasteiger partial charge in [-0.2, -0.15) is 5.10 Å². The summed E-state index contributed by atoms with van der Waals surface area (Å²) in [6.07, 6.45) is 2.27. The lowest BCUT2D eigenvalue weighted by Gasteiger charge is -2.51. The number of hydrogen-bond acceptors (Lipinski definition) is 6. The molecule has 0 bridgehead atoms. The molecule has 4 heterocycles. The van der Waals surface area contributed by atoms with Crippen LogP contribution in [0.1, 0.15) is 43.4 Å². The minimum Gasteiger partial charge on any atom is -0.486 e. The number of piperidine rings is 1. The van der Waals surface area contributed by atoms with Crippen molar-refractivity contribution in [1.29, 1.82) is 0 Å². The molecule has 1 fully saturated rings. The summed E-state index contributed by atoms with van der Waals surface area (Å²) >= 11 is 0. The summed E-state index contributed by atoms with van der Waals surface area (Å²) in [7, 11) is 0. The third kappa shape index (κ3) is 2.94. The van der Waals surface area contributed by atoms with E-state index in [2.05, 4.69) is 23.2 Å². The Morgan fingerprint density at radius 3 is 2.61 bits per heavy atom. The SMILES string of the molecule is CC(=O)N1CCC2(CC1)Oc1ccccc1[C@H]1CC(c3ccc4c(c3)OCCO4)=NN12. The lowest BCUT2D eigenvalue weighted by molar-refractivity contribution is -0.158. The van der Waals surface area contributed by atoms with Crippen molar-refractivity contribution in [3.63, 3.8) is 0 Å². The highest BCUT2D eigenvalue weighted by Crippen LogP contribution is 2.50. The van der Waals surface area contributed by atoms with E-state index in [1.165, 1.54) is 5.56 Å². The van der Waals surface area contributed by atoms with E-state index >= 15 is 0 Å².